The van der Waals surface area contributed by atoms with E-state index in [0.29, 0.717) is 18.4 Å². The molecule has 2 N–H and O–H groups in total. The molecule has 0 aromatic carbocycles. The van der Waals surface area contributed by atoms with E-state index < -0.39 is 0 Å². The summed E-state index contributed by atoms with van der Waals surface area (Å²) in [7, 11) is 0. The van der Waals surface area contributed by atoms with E-state index >= 15 is 0 Å². The van der Waals surface area contributed by atoms with Gasteiger partial charge in [-0.25, -0.2) is 4.79 Å². The van der Waals surface area contributed by atoms with Crippen molar-refractivity contribution in [1.29, 1.82) is 0 Å². The van der Waals surface area contributed by atoms with Gasteiger partial charge in [-0.1, -0.05) is 18.0 Å². The molecule has 1 aliphatic carbocycles. The molecular weight excluding hydrogens is 312 g/mol. The molecule has 2 aliphatic rings. The van der Waals surface area contributed by atoms with Crippen LogP contribution in [0.25, 0.3) is 0 Å². The summed E-state index contributed by atoms with van der Waals surface area (Å²) in [6, 6.07) is -0.450. The average Bonchev–Trinajstić information content (AvgIpc) is 3.26. The number of hydrogen-bond acceptors (Lipinski definition) is 5. The molecule has 2 atom stereocenters. The van der Waals surface area contributed by atoms with E-state index in [1.807, 2.05) is 18.7 Å². The average molecular weight is 338 g/mol. The second-order valence-electron chi connectivity index (χ2n) is 6.92. The zero-order valence-electron chi connectivity index (χ0n) is 13.9. The minimum atomic E-state index is -0.276. The lowest BCUT2D eigenvalue weighted by molar-refractivity contribution is 0.233. The van der Waals surface area contributed by atoms with Gasteiger partial charge in [0.1, 0.15) is 6.04 Å². The molecule has 2 heterocycles. The van der Waals surface area contributed by atoms with Gasteiger partial charge in [0.05, 0.1) is 0 Å². The molecule has 0 spiro atoms. The Hall–Kier alpha value is -1.24. The van der Waals surface area contributed by atoms with Crippen molar-refractivity contribution in [3.8, 4) is 0 Å². The second-order valence-corrected chi connectivity index (χ2v) is 8.61. The summed E-state index contributed by atoms with van der Waals surface area (Å²) in [5.74, 6) is 2.89. The van der Waals surface area contributed by atoms with Crippen LogP contribution in [-0.2, 0) is 0 Å². The predicted octanol–water partition coefficient (Wildman–Crippen LogP) is 3.37. The maximum Gasteiger partial charge on any atom is 0.315 e. The van der Waals surface area contributed by atoms with Crippen molar-refractivity contribution in [3.63, 3.8) is 0 Å². The van der Waals surface area contributed by atoms with Crippen LogP contribution in [0, 0.1) is 0 Å². The third-order valence-corrected chi connectivity index (χ3v) is 6.36. The Morgan fingerprint density at radius 3 is 2.91 bits per heavy atom. The Morgan fingerprint density at radius 1 is 1.43 bits per heavy atom. The Morgan fingerprint density at radius 2 is 2.22 bits per heavy atom. The van der Waals surface area contributed by atoms with Gasteiger partial charge in [-0.3, -0.25) is 0 Å². The molecule has 1 aromatic heterocycles. The standard InChI is InChI=1S/C16H26N4O2S/c1-11(14-19-13(20-22-14)12-6-3-4-7-12)18-15(21)17-10-16(2)8-5-9-23-16/h11-12H,3-10H2,1-2H3,(H2,17,18,21)/t11-,16-/m1/s1. The molecule has 1 aliphatic heterocycles. The molecule has 23 heavy (non-hydrogen) atoms. The van der Waals surface area contributed by atoms with Crippen molar-refractivity contribution in [2.75, 3.05) is 12.3 Å². The Labute approximate surface area is 141 Å². The molecule has 2 amide bonds. The number of amides is 2. The first kappa shape index (κ1) is 16.6. The van der Waals surface area contributed by atoms with Crippen LogP contribution in [-0.4, -0.2) is 33.2 Å². The molecule has 1 saturated carbocycles. The van der Waals surface area contributed by atoms with Gasteiger partial charge in [-0.2, -0.15) is 16.7 Å². The van der Waals surface area contributed by atoms with Crippen LogP contribution in [0.5, 0.6) is 0 Å². The summed E-state index contributed by atoms with van der Waals surface area (Å²) in [6.07, 6.45) is 7.13. The fraction of sp³-hybridized carbons (Fsp3) is 0.812. The smallest absolute Gasteiger partial charge is 0.315 e. The van der Waals surface area contributed by atoms with Gasteiger partial charge in [0.2, 0.25) is 5.89 Å². The number of carbonyl (C=O) groups is 1. The summed E-state index contributed by atoms with van der Waals surface area (Å²) in [5, 5.41) is 9.94. The van der Waals surface area contributed by atoms with Gasteiger partial charge in [0, 0.05) is 17.2 Å². The molecule has 3 rings (SSSR count). The monoisotopic (exact) mass is 338 g/mol. The van der Waals surface area contributed by atoms with Crippen molar-refractivity contribution in [2.45, 2.75) is 69.1 Å². The number of aromatic nitrogens is 2. The molecule has 1 saturated heterocycles. The predicted molar refractivity (Wildman–Crippen MR) is 90.6 cm³/mol. The van der Waals surface area contributed by atoms with Crippen LogP contribution in [0.3, 0.4) is 0 Å². The maximum absolute atomic E-state index is 12.1. The first-order chi connectivity index (χ1) is 11.1. The van der Waals surface area contributed by atoms with E-state index in [1.165, 1.54) is 25.0 Å². The molecule has 7 heteroatoms. The highest BCUT2D eigenvalue weighted by Crippen LogP contribution is 2.37. The molecule has 0 bridgehead atoms. The van der Waals surface area contributed by atoms with Gasteiger partial charge in [-0.05, 0) is 45.3 Å². The normalized spacial score (nSPS) is 26.3. The number of rotatable bonds is 5. The lowest BCUT2D eigenvalue weighted by Crippen LogP contribution is -2.43. The van der Waals surface area contributed by atoms with Gasteiger partial charge < -0.3 is 15.2 Å². The van der Waals surface area contributed by atoms with Gasteiger partial charge in [-0.15, -0.1) is 0 Å². The summed E-state index contributed by atoms with van der Waals surface area (Å²) in [5.41, 5.74) is 0. The van der Waals surface area contributed by atoms with Crippen molar-refractivity contribution in [1.82, 2.24) is 20.8 Å². The van der Waals surface area contributed by atoms with E-state index in [2.05, 4.69) is 27.7 Å². The number of nitrogens with one attached hydrogen (secondary N) is 2. The minimum absolute atomic E-state index is 0.167. The van der Waals surface area contributed by atoms with Crippen LogP contribution < -0.4 is 10.6 Å². The van der Waals surface area contributed by atoms with E-state index in [1.54, 1.807) is 0 Å². The molecule has 1 aromatic rings. The lowest BCUT2D eigenvalue weighted by Gasteiger charge is -2.23. The molecule has 128 valence electrons. The topological polar surface area (TPSA) is 80.0 Å². The number of carbonyl (C=O) groups excluding carboxylic acids is 1. The van der Waals surface area contributed by atoms with Crippen molar-refractivity contribution >= 4 is 17.8 Å². The Balaban J connectivity index is 1.48. The van der Waals surface area contributed by atoms with E-state index in [4.69, 9.17) is 4.52 Å². The van der Waals surface area contributed by atoms with Crippen LogP contribution >= 0.6 is 11.8 Å². The minimum Gasteiger partial charge on any atom is -0.337 e. The fourth-order valence-corrected chi connectivity index (χ4v) is 4.57. The summed E-state index contributed by atoms with van der Waals surface area (Å²) in [6.45, 7) is 4.77. The van der Waals surface area contributed by atoms with Crippen LogP contribution in [0.4, 0.5) is 4.79 Å². The molecule has 2 fully saturated rings. The first-order valence-corrected chi connectivity index (χ1v) is 9.56. The van der Waals surface area contributed by atoms with Crippen molar-refractivity contribution in [3.05, 3.63) is 11.7 Å². The fourth-order valence-electron chi connectivity index (χ4n) is 3.33. The number of urea groups is 1. The number of thioether (sulfide) groups is 1. The second kappa shape index (κ2) is 7.11. The summed E-state index contributed by atoms with van der Waals surface area (Å²) >= 11 is 1.94. The Kier molecular flexibility index (Phi) is 5.14. The van der Waals surface area contributed by atoms with E-state index in [-0.39, 0.29) is 16.8 Å². The van der Waals surface area contributed by atoms with Crippen LogP contribution in [0.2, 0.25) is 0 Å². The van der Waals surface area contributed by atoms with Gasteiger partial charge >= 0.3 is 6.03 Å². The number of hydrogen-bond donors (Lipinski definition) is 2. The summed E-state index contributed by atoms with van der Waals surface area (Å²) in [4.78, 5) is 16.5. The SMILES string of the molecule is C[C@@H](NC(=O)NC[C@@]1(C)CCCS1)c1nc(C2CCCC2)no1. The van der Waals surface area contributed by atoms with Crippen molar-refractivity contribution < 1.29 is 9.32 Å². The largest absolute Gasteiger partial charge is 0.337 e. The third kappa shape index (κ3) is 4.19. The zero-order valence-corrected chi connectivity index (χ0v) is 14.7. The molecule has 0 unspecified atom stereocenters. The first-order valence-electron chi connectivity index (χ1n) is 8.57. The summed E-state index contributed by atoms with van der Waals surface area (Å²) < 4.78 is 5.50. The van der Waals surface area contributed by atoms with E-state index in [0.717, 1.165) is 25.1 Å². The highest BCUT2D eigenvalue weighted by molar-refractivity contribution is 8.00. The van der Waals surface area contributed by atoms with Crippen LogP contribution in [0.1, 0.15) is 76.0 Å². The molecular formula is C16H26N4O2S. The highest BCUT2D eigenvalue weighted by atomic mass is 32.2. The quantitative estimate of drug-likeness (QED) is 0.860. The van der Waals surface area contributed by atoms with Crippen molar-refractivity contribution in [2.24, 2.45) is 0 Å². The Bertz CT molecular complexity index is 536. The highest BCUT2D eigenvalue weighted by Gasteiger charge is 2.30. The lowest BCUT2D eigenvalue weighted by atomic mass is 10.1. The van der Waals surface area contributed by atoms with Gasteiger partial charge in [0.25, 0.3) is 0 Å². The zero-order chi connectivity index (χ0) is 16.3. The van der Waals surface area contributed by atoms with Gasteiger partial charge in [0.15, 0.2) is 5.82 Å². The maximum atomic E-state index is 12.1. The third-order valence-electron chi connectivity index (χ3n) is 4.82. The molecule has 6 nitrogen and oxygen atoms in total. The molecule has 0 radical (unpaired) electrons. The van der Waals surface area contributed by atoms with E-state index in [9.17, 15) is 4.79 Å². The number of nitrogens with zero attached hydrogens (tertiary/aromatic N) is 2. The van der Waals surface area contributed by atoms with Crippen LogP contribution in [0.15, 0.2) is 4.52 Å².